The van der Waals surface area contributed by atoms with Gasteiger partial charge in [-0.15, -0.1) is 5.10 Å². The SMILES string of the molecule is COc1ccc([C@H](c2nnnn2C[C@@H]2CCCO2)[NH+]2CCC(C(N)=O)CC2)cc1. The lowest BCUT2D eigenvalue weighted by Crippen LogP contribution is -3.13. The molecule has 9 nitrogen and oxygen atoms in total. The molecule has 0 spiro atoms. The van der Waals surface area contributed by atoms with Gasteiger partial charge in [0.15, 0.2) is 6.04 Å². The average molecular weight is 401 g/mol. The summed E-state index contributed by atoms with van der Waals surface area (Å²) in [5.74, 6) is 1.40. The Balaban J connectivity index is 1.62. The molecule has 0 saturated carbocycles. The third-order valence-electron chi connectivity index (χ3n) is 6.11. The van der Waals surface area contributed by atoms with E-state index in [1.54, 1.807) is 7.11 Å². The molecule has 156 valence electrons. The fourth-order valence-corrected chi connectivity index (χ4v) is 4.46. The molecule has 2 aliphatic heterocycles. The third kappa shape index (κ3) is 4.40. The first-order valence-electron chi connectivity index (χ1n) is 10.3. The minimum absolute atomic E-state index is 0.0221. The molecule has 1 aromatic carbocycles. The summed E-state index contributed by atoms with van der Waals surface area (Å²) in [7, 11) is 1.66. The van der Waals surface area contributed by atoms with Gasteiger partial charge in [0.1, 0.15) is 5.75 Å². The number of hydrogen-bond acceptors (Lipinski definition) is 6. The van der Waals surface area contributed by atoms with Crippen LogP contribution in [0.15, 0.2) is 24.3 Å². The summed E-state index contributed by atoms with van der Waals surface area (Å²) in [6.45, 7) is 3.15. The number of hydrogen-bond donors (Lipinski definition) is 2. The highest BCUT2D eigenvalue weighted by molar-refractivity contribution is 5.76. The summed E-state index contributed by atoms with van der Waals surface area (Å²) >= 11 is 0. The number of piperidine rings is 1. The molecule has 0 bridgehead atoms. The van der Waals surface area contributed by atoms with Gasteiger partial charge < -0.3 is 20.1 Å². The quantitative estimate of drug-likeness (QED) is 0.661. The van der Waals surface area contributed by atoms with Crippen LogP contribution in [0.5, 0.6) is 5.75 Å². The Bertz CT molecular complexity index is 810. The largest absolute Gasteiger partial charge is 0.497 e. The van der Waals surface area contributed by atoms with Crippen LogP contribution in [0, 0.1) is 5.92 Å². The van der Waals surface area contributed by atoms with E-state index in [0.717, 1.165) is 62.5 Å². The number of carbonyl (C=O) groups is 1. The van der Waals surface area contributed by atoms with Crippen LogP contribution in [0.25, 0.3) is 0 Å². The molecule has 3 N–H and O–H groups in total. The topological polar surface area (TPSA) is 110 Å². The van der Waals surface area contributed by atoms with Gasteiger partial charge in [0.25, 0.3) is 0 Å². The zero-order chi connectivity index (χ0) is 20.2. The van der Waals surface area contributed by atoms with Crippen LogP contribution in [0.2, 0.25) is 0 Å². The second kappa shape index (κ2) is 8.87. The van der Waals surface area contributed by atoms with Gasteiger partial charge in [-0.05, 0) is 47.5 Å². The first-order chi connectivity index (χ1) is 14.2. The fourth-order valence-electron chi connectivity index (χ4n) is 4.46. The number of ether oxygens (including phenoxy) is 2. The molecule has 4 rings (SSSR count). The summed E-state index contributed by atoms with van der Waals surface area (Å²) in [5.41, 5.74) is 6.66. The Morgan fingerprint density at radius 1 is 1.31 bits per heavy atom. The van der Waals surface area contributed by atoms with Gasteiger partial charge in [0, 0.05) is 30.9 Å². The summed E-state index contributed by atoms with van der Waals surface area (Å²) in [6, 6.07) is 8.05. The zero-order valence-electron chi connectivity index (χ0n) is 16.8. The number of methoxy groups -OCH3 is 1. The van der Waals surface area contributed by atoms with Crippen LogP contribution in [0.1, 0.15) is 43.1 Å². The number of amides is 1. The normalized spacial score (nSPS) is 25.6. The highest BCUT2D eigenvalue weighted by Crippen LogP contribution is 2.23. The van der Waals surface area contributed by atoms with Crippen LogP contribution in [0.4, 0.5) is 0 Å². The number of nitrogens with one attached hydrogen (secondary N) is 1. The highest BCUT2D eigenvalue weighted by Gasteiger charge is 2.36. The number of rotatable bonds is 7. The van der Waals surface area contributed by atoms with Crippen molar-refractivity contribution < 1.29 is 19.2 Å². The van der Waals surface area contributed by atoms with E-state index in [9.17, 15) is 4.79 Å². The Labute approximate surface area is 170 Å². The lowest BCUT2D eigenvalue weighted by atomic mass is 9.93. The monoisotopic (exact) mass is 401 g/mol. The maximum absolute atomic E-state index is 11.6. The van der Waals surface area contributed by atoms with Crippen LogP contribution in [-0.2, 0) is 16.1 Å². The second-order valence-electron chi connectivity index (χ2n) is 7.90. The minimum Gasteiger partial charge on any atom is -0.497 e. The number of benzene rings is 1. The zero-order valence-corrected chi connectivity index (χ0v) is 16.8. The van der Waals surface area contributed by atoms with Gasteiger partial charge in [0.05, 0.1) is 32.8 Å². The first-order valence-corrected chi connectivity index (χ1v) is 10.3. The van der Waals surface area contributed by atoms with Gasteiger partial charge >= 0.3 is 0 Å². The molecule has 29 heavy (non-hydrogen) atoms. The van der Waals surface area contributed by atoms with Gasteiger partial charge in [-0.1, -0.05) is 0 Å². The molecule has 2 atom stereocenters. The van der Waals surface area contributed by atoms with Crippen LogP contribution >= 0.6 is 0 Å². The van der Waals surface area contributed by atoms with Crippen molar-refractivity contribution in [3.63, 3.8) is 0 Å². The Morgan fingerprint density at radius 3 is 2.69 bits per heavy atom. The average Bonchev–Trinajstić information content (AvgIpc) is 3.42. The molecule has 2 aromatic rings. The van der Waals surface area contributed by atoms with E-state index in [1.165, 1.54) is 4.90 Å². The standard InChI is InChI=1S/C20H28N6O3/c1-28-16-6-4-14(5-7-16)18(25-10-8-15(9-11-25)19(21)27)20-22-23-24-26(20)13-17-3-2-12-29-17/h4-7,15,17-18H,2-3,8-13H2,1H3,(H2,21,27)/p+1/t17-,18+/m0/s1. The molecule has 1 aromatic heterocycles. The summed E-state index contributed by atoms with van der Waals surface area (Å²) < 4.78 is 13.0. The summed E-state index contributed by atoms with van der Waals surface area (Å²) in [4.78, 5) is 12.9. The number of carbonyl (C=O) groups excluding carboxylic acids is 1. The Kier molecular flexibility index (Phi) is 6.05. The number of tetrazole rings is 1. The minimum atomic E-state index is -0.201. The lowest BCUT2D eigenvalue weighted by molar-refractivity contribution is -0.931. The summed E-state index contributed by atoms with van der Waals surface area (Å²) in [6.07, 6.45) is 3.83. The second-order valence-corrected chi connectivity index (χ2v) is 7.90. The predicted molar refractivity (Wildman–Crippen MR) is 104 cm³/mol. The van der Waals surface area contributed by atoms with Crippen molar-refractivity contribution in [2.45, 2.75) is 44.4 Å². The molecule has 2 saturated heterocycles. The van der Waals surface area contributed by atoms with Crippen LogP contribution in [-0.4, -0.2) is 59.0 Å². The molecule has 0 radical (unpaired) electrons. The molecule has 0 unspecified atom stereocenters. The maximum atomic E-state index is 11.6. The molecule has 1 amide bonds. The van der Waals surface area contributed by atoms with Gasteiger partial charge in [-0.25, -0.2) is 4.68 Å². The molecule has 3 heterocycles. The molecular weight excluding hydrogens is 372 g/mol. The van der Waals surface area contributed by atoms with Gasteiger partial charge in [-0.2, -0.15) is 0 Å². The van der Waals surface area contributed by atoms with Crippen LogP contribution in [0.3, 0.4) is 0 Å². The number of aromatic nitrogens is 4. The van der Waals surface area contributed by atoms with Crippen LogP contribution < -0.4 is 15.4 Å². The third-order valence-corrected chi connectivity index (χ3v) is 6.11. The first kappa shape index (κ1) is 19.8. The maximum Gasteiger partial charge on any atom is 0.220 e. The van der Waals surface area contributed by atoms with Crippen molar-refractivity contribution >= 4 is 5.91 Å². The lowest BCUT2D eigenvalue weighted by Gasteiger charge is -2.33. The number of quaternary nitrogens is 1. The highest BCUT2D eigenvalue weighted by atomic mass is 16.5. The van der Waals surface area contributed by atoms with E-state index in [1.807, 2.05) is 16.8 Å². The van der Waals surface area contributed by atoms with E-state index < -0.39 is 0 Å². The molecule has 9 heteroatoms. The Morgan fingerprint density at radius 2 is 2.07 bits per heavy atom. The molecule has 0 aliphatic carbocycles. The van der Waals surface area contributed by atoms with Crippen molar-refractivity contribution in [1.82, 2.24) is 20.2 Å². The molecule has 2 aliphatic rings. The molecule has 2 fully saturated rings. The van der Waals surface area contributed by atoms with Crippen molar-refractivity contribution in [2.24, 2.45) is 11.7 Å². The van der Waals surface area contributed by atoms with Gasteiger partial charge in [-0.3, -0.25) is 4.79 Å². The van der Waals surface area contributed by atoms with E-state index in [-0.39, 0.29) is 24.0 Å². The predicted octanol–water partition coefficient (Wildman–Crippen LogP) is -0.270. The van der Waals surface area contributed by atoms with Crippen molar-refractivity contribution in [3.8, 4) is 5.75 Å². The number of nitrogens with two attached hydrogens (primary N) is 1. The van der Waals surface area contributed by atoms with E-state index in [0.29, 0.717) is 6.54 Å². The molecular formula is C20H29N6O3+. The summed E-state index contributed by atoms with van der Waals surface area (Å²) in [5, 5.41) is 12.6. The number of likely N-dealkylation sites (tertiary alicyclic amines) is 1. The van der Waals surface area contributed by atoms with E-state index in [2.05, 4.69) is 27.7 Å². The number of primary amides is 1. The Hall–Kier alpha value is -2.52. The van der Waals surface area contributed by atoms with E-state index in [4.69, 9.17) is 15.2 Å². The van der Waals surface area contributed by atoms with Crippen molar-refractivity contribution in [1.29, 1.82) is 0 Å². The van der Waals surface area contributed by atoms with E-state index >= 15 is 0 Å². The smallest absolute Gasteiger partial charge is 0.220 e. The van der Waals surface area contributed by atoms with Crippen molar-refractivity contribution in [2.75, 3.05) is 26.8 Å². The number of nitrogens with zero attached hydrogens (tertiary/aromatic N) is 4. The van der Waals surface area contributed by atoms with Gasteiger partial charge in [0.2, 0.25) is 11.7 Å². The fraction of sp³-hybridized carbons (Fsp3) is 0.600. The van der Waals surface area contributed by atoms with Crippen molar-refractivity contribution in [3.05, 3.63) is 35.7 Å².